The summed E-state index contributed by atoms with van der Waals surface area (Å²) in [4.78, 5) is 14.3. The fourth-order valence-corrected chi connectivity index (χ4v) is 5.14. The van der Waals surface area contributed by atoms with Crippen molar-refractivity contribution in [1.82, 2.24) is 4.72 Å². The third kappa shape index (κ3) is 5.69. The van der Waals surface area contributed by atoms with Crippen LogP contribution in [0, 0.1) is 5.82 Å². The lowest BCUT2D eigenvalue weighted by Gasteiger charge is -2.32. The van der Waals surface area contributed by atoms with Gasteiger partial charge in [0.15, 0.2) is 0 Å². The molecule has 0 bridgehead atoms. The minimum absolute atomic E-state index is 0.377. The Kier molecular flexibility index (Phi) is 7.91. The second-order valence-electron chi connectivity index (χ2n) is 8.09. The molecule has 0 amide bonds. The molecule has 3 aromatic carbocycles. The van der Waals surface area contributed by atoms with Crippen molar-refractivity contribution in [2.45, 2.75) is 43.4 Å². The summed E-state index contributed by atoms with van der Waals surface area (Å²) in [6.07, 6.45) is 9.00. The average Bonchev–Trinajstić information content (AvgIpc) is 2.85. The lowest BCUT2D eigenvalue weighted by Crippen LogP contribution is -2.30. The summed E-state index contributed by atoms with van der Waals surface area (Å²) in [5.74, 6) is -2.08. The SMILES string of the molecule is C1CCCCC1.O=C(O)c1cc(-c2cc3c(cc2Cl)N(c2ccccc2)CNS3)ccc1F. The first kappa shape index (κ1) is 23.6. The number of fused-ring (bicyclic) bond motifs is 1. The van der Waals surface area contributed by atoms with Crippen LogP contribution >= 0.6 is 23.5 Å². The maximum Gasteiger partial charge on any atom is 0.338 e. The molecule has 1 aliphatic carbocycles. The predicted octanol–water partition coefficient (Wildman–Crippen LogP) is 7.89. The summed E-state index contributed by atoms with van der Waals surface area (Å²) in [7, 11) is 0. The number of aromatic carboxylic acids is 1. The number of carbonyl (C=O) groups is 1. The molecule has 1 fully saturated rings. The van der Waals surface area contributed by atoms with Gasteiger partial charge in [-0.15, -0.1) is 0 Å². The number of hydrogen-bond donors (Lipinski definition) is 2. The number of para-hydroxylation sites is 1. The molecule has 1 aliphatic heterocycles. The van der Waals surface area contributed by atoms with Crippen molar-refractivity contribution in [3.8, 4) is 11.1 Å². The lowest BCUT2D eigenvalue weighted by molar-refractivity contribution is 0.0692. The van der Waals surface area contributed by atoms with E-state index in [0.717, 1.165) is 22.3 Å². The maximum absolute atomic E-state index is 13.7. The molecule has 2 N–H and O–H groups in total. The molecule has 0 saturated heterocycles. The van der Waals surface area contributed by atoms with Gasteiger partial charge in [0.1, 0.15) is 5.82 Å². The molecule has 0 unspecified atom stereocenters. The minimum atomic E-state index is -1.31. The molecule has 2 aliphatic rings. The predicted molar refractivity (Wildman–Crippen MR) is 134 cm³/mol. The van der Waals surface area contributed by atoms with Crippen LogP contribution in [-0.4, -0.2) is 17.7 Å². The Morgan fingerprint density at radius 2 is 1.64 bits per heavy atom. The monoisotopic (exact) mass is 484 g/mol. The summed E-state index contributed by atoms with van der Waals surface area (Å²) in [6, 6.07) is 17.7. The van der Waals surface area contributed by atoms with Crippen molar-refractivity contribution >= 4 is 40.9 Å². The summed E-state index contributed by atoms with van der Waals surface area (Å²) in [5, 5.41) is 9.64. The van der Waals surface area contributed by atoms with E-state index in [0.29, 0.717) is 22.8 Å². The van der Waals surface area contributed by atoms with Crippen LogP contribution in [0.15, 0.2) is 65.6 Å². The van der Waals surface area contributed by atoms with Gasteiger partial charge in [-0.3, -0.25) is 0 Å². The highest BCUT2D eigenvalue weighted by Gasteiger charge is 2.22. The molecule has 1 saturated carbocycles. The van der Waals surface area contributed by atoms with Crippen LogP contribution in [0.25, 0.3) is 11.1 Å². The van der Waals surface area contributed by atoms with E-state index in [1.54, 1.807) is 0 Å². The van der Waals surface area contributed by atoms with E-state index in [-0.39, 0.29) is 5.56 Å². The summed E-state index contributed by atoms with van der Waals surface area (Å²) in [6.45, 7) is 0.622. The minimum Gasteiger partial charge on any atom is -0.478 e. The van der Waals surface area contributed by atoms with Gasteiger partial charge < -0.3 is 10.0 Å². The Labute approximate surface area is 202 Å². The Morgan fingerprint density at radius 1 is 0.970 bits per heavy atom. The third-order valence-corrected chi connectivity index (χ3v) is 6.95. The van der Waals surface area contributed by atoms with Gasteiger partial charge in [0.05, 0.1) is 22.9 Å². The first-order valence-electron chi connectivity index (χ1n) is 11.1. The number of anilines is 2. The van der Waals surface area contributed by atoms with Crippen LogP contribution in [-0.2, 0) is 0 Å². The molecule has 0 radical (unpaired) electrons. The zero-order chi connectivity index (χ0) is 23.2. The highest BCUT2D eigenvalue weighted by Crippen LogP contribution is 2.42. The Balaban J connectivity index is 0.000000376. The van der Waals surface area contributed by atoms with Gasteiger partial charge in [-0.2, -0.15) is 0 Å². The maximum atomic E-state index is 13.7. The van der Waals surface area contributed by atoms with Gasteiger partial charge in [0, 0.05) is 16.1 Å². The number of carboxylic acids is 1. The van der Waals surface area contributed by atoms with Crippen LogP contribution < -0.4 is 9.62 Å². The third-order valence-electron chi connectivity index (χ3n) is 5.82. The van der Waals surface area contributed by atoms with E-state index in [2.05, 4.69) is 9.62 Å². The summed E-state index contributed by atoms with van der Waals surface area (Å²) < 4.78 is 17.0. The first-order chi connectivity index (χ1) is 16.0. The molecule has 3 aromatic rings. The number of rotatable bonds is 3. The molecule has 7 heteroatoms. The number of carboxylic acid groups (broad SMARTS) is 1. The van der Waals surface area contributed by atoms with Crippen LogP contribution in [0.3, 0.4) is 0 Å². The number of hydrogen-bond acceptors (Lipinski definition) is 4. The van der Waals surface area contributed by atoms with Crippen LogP contribution in [0.1, 0.15) is 48.9 Å². The number of nitrogens with one attached hydrogen (secondary N) is 1. The van der Waals surface area contributed by atoms with Crippen molar-refractivity contribution in [3.05, 3.63) is 77.1 Å². The van der Waals surface area contributed by atoms with Crippen LogP contribution in [0.5, 0.6) is 0 Å². The van der Waals surface area contributed by atoms with E-state index in [4.69, 9.17) is 16.7 Å². The highest BCUT2D eigenvalue weighted by molar-refractivity contribution is 7.97. The molecule has 5 rings (SSSR count). The number of benzene rings is 3. The quantitative estimate of drug-likeness (QED) is 0.370. The normalized spacial score (nSPS) is 15.3. The number of halogens is 2. The first-order valence-corrected chi connectivity index (χ1v) is 12.3. The second-order valence-corrected chi connectivity index (χ2v) is 9.43. The molecular formula is C26H26ClFN2O2S. The largest absolute Gasteiger partial charge is 0.478 e. The smallest absolute Gasteiger partial charge is 0.338 e. The Morgan fingerprint density at radius 3 is 2.27 bits per heavy atom. The second kappa shape index (κ2) is 11.1. The fourth-order valence-electron chi connectivity index (χ4n) is 4.07. The van der Waals surface area contributed by atoms with Gasteiger partial charge in [0.25, 0.3) is 0 Å². The molecule has 172 valence electrons. The van der Waals surface area contributed by atoms with Crippen LogP contribution in [0.4, 0.5) is 15.8 Å². The van der Waals surface area contributed by atoms with Crippen molar-refractivity contribution in [1.29, 1.82) is 0 Å². The standard InChI is InChI=1S/C20H14ClFN2O2S.C6H12/c21-16-10-18-19(27-23-11-24(18)13-4-2-1-3-5-13)9-14(16)12-6-7-17(22)15(8-12)20(25)26;1-2-4-6-5-3-1/h1-10,23H,11H2,(H,25,26);1-6H2. The van der Waals surface area contributed by atoms with Gasteiger partial charge in [-0.05, 0) is 53.9 Å². The van der Waals surface area contributed by atoms with E-state index >= 15 is 0 Å². The van der Waals surface area contributed by atoms with E-state index in [1.165, 1.54) is 62.6 Å². The lowest BCUT2D eigenvalue weighted by atomic mass is 10.0. The van der Waals surface area contributed by atoms with Crippen molar-refractivity contribution in [3.63, 3.8) is 0 Å². The zero-order valence-corrected chi connectivity index (χ0v) is 19.8. The van der Waals surface area contributed by atoms with Crippen molar-refractivity contribution in [2.75, 3.05) is 11.6 Å². The Hall–Kier alpha value is -2.54. The molecule has 0 atom stereocenters. The van der Waals surface area contributed by atoms with Gasteiger partial charge in [-0.25, -0.2) is 13.9 Å². The summed E-state index contributed by atoms with van der Waals surface area (Å²) >= 11 is 8.00. The average molecular weight is 485 g/mol. The Bertz CT molecular complexity index is 1110. The number of nitrogens with zero attached hydrogens (tertiary/aromatic N) is 1. The summed E-state index contributed by atoms with van der Waals surface area (Å²) in [5.41, 5.74) is 2.82. The van der Waals surface area contributed by atoms with Crippen LogP contribution in [0.2, 0.25) is 5.02 Å². The van der Waals surface area contributed by atoms with Crippen molar-refractivity contribution < 1.29 is 14.3 Å². The molecule has 0 spiro atoms. The molecule has 4 nitrogen and oxygen atoms in total. The van der Waals surface area contributed by atoms with Crippen molar-refractivity contribution in [2.24, 2.45) is 0 Å². The molecule has 33 heavy (non-hydrogen) atoms. The molecular weight excluding hydrogens is 459 g/mol. The highest BCUT2D eigenvalue weighted by atomic mass is 35.5. The van der Waals surface area contributed by atoms with E-state index < -0.39 is 11.8 Å². The van der Waals surface area contributed by atoms with Gasteiger partial charge in [-0.1, -0.05) is 74.4 Å². The topological polar surface area (TPSA) is 52.6 Å². The van der Waals surface area contributed by atoms with Gasteiger partial charge in [0.2, 0.25) is 0 Å². The van der Waals surface area contributed by atoms with E-state index in [9.17, 15) is 9.18 Å². The van der Waals surface area contributed by atoms with E-state index in [1.807, 2.05) is 42.5 Å². The zero-order valence-electron chi connectivity index (χ0n) is 18.2. The fraction of sp³-hybridized carbons (Fsp3) is 0.269. The molecule has 1 heterocycles. The molecule has 0 aromatic heterocycles. The van der Waals surface area contributed by atoms with Gasteiger partial charge >= 0.3 is 5.97 Å².